The van der Waals surface area contributed by atoms with E-state index in [-0.39, 0.29) is 21.5 Å². The third-order valence-corrected chi connectivity index (χ3v) is 3.35. The topological polar surface area (TPSA) is 120 Å². The number of benzene rings is 1. The van der Waals surface area contributed by atoms with Gasteiger partial charge in [-0.05, 0) is 12.1 Å². The Morgan fingerprint density at radius 1 is 1.00 bits per heavy atom. The minimum absolute atomic E-state index is 0.0640. The van der Waals surface area contributed by atoms with E-state index in [9.17, 15) is 29.8 Å². The Morgan fingerprint density at radius 3 is 2.22 bits per heavy atom. The van der Waals surface area contributed by atoms with E-state index < -0.39 is 29.4 Å². The number of anilines is 1. The number of hydrogen-bond donors (Lipinski definition) is 3. The van der Waals surface area contributed by atoms with Crippen LogP contribution in [0, 0.1) is 0 Å². The van der Waals surface area contributed by atoms with Gasteiger partial charge in [-0.3, -0.25) is 14.4 Å². The van der Waals surface area contributed by atoms with Gasteiger partial charge >= 0.3 is 0 Å². The zero-order valence-corrected chi connectivity index (χ0v) is 11.5. The van der Waals surface area contributed by atoms with Crippen LogP contribution in [0.2, 0.25) is 0 Å². The molecule has 0 bridgehead atoms. The molecule has 0 fully saturated rings. The van der Waals surface area contributed by atoms with Crippen LogP contribution in [0.15, 0.2) is 42.5 Å². The number of amides is 2. The predicted molar refractivity (Wildman–Crippen MR) is 76.5 cm³/mol. The summed E-state index contributed by atoms with van der Waals surface area (Å²) in [6, 6.07) is 6.56. The van der Waals surface area contributed by atoms with E-state index in [1.165, 1.54) is 24.3 Å². The molecule has 0 aliphatic carbocycles. The maximum absolute atomic E-state index is 12.4. The van der Waals surface area contributed by atoms with E-state index in [2.05, 4.69) is 0 Å². The van der Waals surface area contributed by atoms with Gasteiger partial charge in [-0.2, -0.15) is 0 Å². The third-order valence-electron chi connectivity index (χ3n) is 3.35. The van der Waals surface area contributed by atoms with Gasteiger partial charge in [-0.25, -0.2) is 4.90 Å². The highest BCUT2D eigenvalue weighted by atomic mass is 16.5. The number of aromatic hydroxyl groups is 2. The Bertz CT molecular complexity index is 862. The summed E-state index contributed by atoms with van der Waals surface area (Å²) in [5.74, 6) is -3.26. The maximum Gasteiger partial charge on any atom is 0.258 e. The summed E-state index contributed by atoms with van der Waals surface area (Å²) < 4.78 is 0.0640. The number of ketones is 1. The highest BCUT2D eigenvalue weighted by Gasteiger charge is 2.26. The average Bonchev–Trinajstić information content (AvgIpc) is 3.00. The molecule has 0 atom stereocenters. The standard InChI is InChI=1S/C15H10N2O6/c18-11-4-5-12(19)16(11)9-3-1-2-8(6-9)14(21)10-7-13(20)17(23)15(10)22/h1-7,20,22-23H. The third kappa shape index (κ3) is 2.22. The fourth-order valence-corrected chi connectivity index (χ4v) is 2.24. The van der Waals surface area contributed by atoms with Crippen LogP contribution < -0.4 is 4.90 Å². The summed E-state index contributed by atoms with van der Waals surface area (Å²) in [6.07, 6.45) is 2.24. The number of nitrogens with zero attached hydrogens (tertiary/aromatic N) is 2. The van der Waals surface area contributed by atoms with Gasteiger partial charge in [-0.15, -0.1) is 4.73 Å². The van der Waals surface area contributed by atoms with E-state index in [0.717, 1.165) is 23.1 Å². The maximum atomic E-state index is 12.4. The van der Waals surface area contributed by atoms with Crippen molar-refractivity contribution < 1.29 is 29.8 Å². The second-order valence-electron chi connectivity index (χ2n) is 4.78. The average molecular weight is 314 g/mol. The first-order chi connectivity index (χ1) is 10.9. The number of aromatic nitrogens is 1. The molecule has 3 N–H and O–H groups in total. The molecule has 2 aromatic rings. The lowest BCUT2D eigenvalue weighted by Crippen LogP contribution is -2.29. The quantitative estimate of drug-likeness (QED) is 0.438. The summed E-state index contributed by atoms with van der Waals surface area (Å²) in [6.45, 7) is 0. The summed E-state index contributed by atoms with van der Waals surface area (Å²) in [7, 11) is 0. The van der Waals surface area contributed by atoms with Gasteiger partial charge in [-0.1, -0.05) is 12.1 Å². The molecule has 1 aromatic carbocycles. The first kappa shape index (κ1) is 14.4. The molecular formula is C15H10N2O6. The second-order valence-corrected chi connectivity index (χ2v) is 4.78. The van der Waals surface area contributed by atoms with Crippen molar-refractivity contribution in [2.45, 2.75) is 0 Å². The lowest BCUT2D eigenvalue weighted by molar-refractivity contribution is -0.119. The molecule has 2 amide bonds. The fourth-order valence-electron chi connectivity index (χ4n) is 2.24. The highest BCUT2D eigenvalue weighted by Crippen LogP contribution is 2.29. The van der Waals surface area contributed by atoms with Gasteiger partial charge in [0.25, 0.3) is 11.8 Å². The molecule has 0 spiro atoms. The van der Waals surface area contributed by atoms with Crippen LogP contribution in [-0.2, 0) is 9.59 Å². The van der Waals surface area contributed by atoms with Gasteiger partial charge in [0.15, 0.2) is 5.78 Å². The molecule has 1 aliphatic heterocycles. The molecule has 0 radical (unpaired) electrons. The Kier molecular flexibility index (Phi) is 3.14. The van der Waals surface area contributed by atoms with Gasteiger partial charge in [0.2, 0.25) is 11.8 Å². The molecular weight excluding hydrogens is 304 g/mol. The predicted octanol–water partition coefficient (Wildman–Crippen LogP) is 0.797. The number of carbonyl (C=O) groups excluding carboxylic acids is 3. The molecule has 3 rings (SSSR count). The molecule has 23 heavy (non-hydrogen) atoms. The summed E-state index contributed by atoms with van der Waals surface area (Å²) >= 11 is 0. The van der Waals surface area contributed by atoms with E-state index in [1.807, 2.05) is 0 Å². The Morgan fingerprint density at radius 2 is 1.65 bits per heavy atom. The fraction of sp³-hybridized carbons (Fsp3) is 0. The number of rotatable bonds is 3. The Balaban J connectivity index is 2.00. The van der Waals surface area contributed by atoms with Crippen LogP contribution in [0.3, 0.4) is 0 Å². The lowest BCUT2D eigenvalue weighted by Gasteiger charge is -2.14. The number of hydrogen-bond acceptors (Lipinski definition) is 6. The monoisotopic (exact) mass is 314 g/mol. The van der Waals surface area contributed by atoms with Gasteiger partial charge < -0.3 is 15.4 Å². The summed E-state index contributed by atoms with van der Waals surface area (Å²) in [5, 5.41) is 28.2. The SMILES string of the molecule is O=C(c1cccc(N2C(=O)C=CC2=O)c1)c1cc(O)n(O)c1O. The van der Waals surface area contributed by atoms with Gasteiger partial charge in [0.1, 0.15) is 0 Å². The molecule has 116 valence electrons. The van der Waals surface area contributed by atoms with E-state index in [1.54, 1.807) is 0 Å². The molecule has 2 heterocycles. The van der Waals surface area contributed by atoms with Crippen molar-refractivity contribution in [3.63, 3.8) is 0 Å². The van der Waals surface area contributed by atoms with Crippen molar-refractivity contribution in [3.05, 3.63) is 53.6 Å². The van der Waals surface area contributed by atoms with Gasteiger partial charge in [0.05, 0.1) is 11.3 Å². The van der Waals surface area contributed by atoms with Crippen LogP contribution in [-0.4, -0.2) is 37.7 Å². The van der Waals surface area contributed by atoms with Crippen molar-refractivity contribution in [3.8, 4) is 11.8 Å². The lowest BCUT2D eigenvalue weighted by atomic mass is 10.0. The number of imide groups is 1. The van der Waals surface area contributed by atoms with Crippen molar-refractivity contribution in [2.75, 3.05) is 4.90 Å². The summed E-state index contributed by atoms with van der Waals surface area (Å²) in [5.41, 5.74) is -0.0572. The van der Waals surface area contributed by atoms with E-state index in [0.29, 0.717) is 0 Å². The van der Waals surface area contributed by atoms with Crippen LogP contribution in [0.4, 0.5) is 5.69 Å². The Hall–Kier alpha value is -3.55. The smallest absolute Gasteiger partial charge is 0.258 e. The highest BCUT2D eigenvalue weighted by molar-refractivity contribution is 6.28. The zero-order valence-electron chi connectivity index (χ0n) is 11.5. The zero-order chi connectivity index (χ0) is 16.7. The van der Waals surface area contributed by atoms with Crippen molar-refractivity contribution in [2.24, 2.45) is 0 Å². The van der Waals surface area contributed by atoms with Crippen molar-refractivity contribution in [1.29, 1.82) is 0 Å². The van der Waals surface area contributed by atoms with E-state index in [4.69, 9.17) is 0 Å². The Labute approximate surface area is 129 Å². The first-order valence-corrected chi connectivity index (χ1v) is 6.44. The van der Waals surface area contributed by atoms with Crippen LogP contribution in [0.5, 0.6) is 11.8 Å². The number of carbonyl (C=O) groups is 3. The van der Waals surface area contributed by atoms with Crippen molar-refractivity contribution in [1.82, 2.24) is 4.73 Å². The molecule has 1 aliphatic rings. The van der Waals surface area contributed by atoms with Crippen molar-refractivity contribution >= 4 is 23.3 Å². The van der Waals surface area contributed by atoms with Crippen LogP contribution in [0.1, 0.15) is 15.9 Å². The molecule has 0 saturated carbocycles. The molecule has 1 aromatic heterocycles. The van der Waals surface area contributed by atoms with Gasteiger partial charge in [0, 0.05) is 23.8 Å². The second kappa shape index (κ2) is 5.02. The molecule has 0 unspecified atom stereocenters. The van der Waals surface area contributed by atoms with Crippen LogP contribution >= 0.6 is 0 Å². The molecule has 8 heteroatoms. The largest absolute Gasteiger partial charge is 0.492 e. The van der Waals surface area contributed by atoms with Crippen LogP contribution in [0.25, 0.3) is 0 Å². The minimum atomic E-state index is -0.812. The minimum Gasteiger partial charge on any atom is -0.492 e. The molecule has 8 nitrogen and oxygen atoms in total. The summed E-state index contributed by atoms with van der Waals surface area (Å²) in [4.78, 5) is 36.6. The molecule has 0 saturated heterocycles. The van der Waals surface area contributed by atoms with E-state index >= 15 is 0 Å². The first-order valence-electron chi connectivity index (χ1n) is 6.44. The normalized spacial score (nSPS) is 13.8.